The molecule has 10 heteroatoms. The van der Waals surface area contributed by atoms with Crippen LogP contribution in [0.25, 0.3) is 0 Å². The molecule has 2 aromatic rings. The summed E-state index contributed by atoms with van der Waals surface area (Å²) in [5, 5.41) is 11.3. The van der Waals surface area contributed by atoms with Crippen LogP contribution in [-0.2, 0) is 4.74 Å². The summed E-state index contributed by atoms with van der Waals surface area (Å²) < 4.78 is 16.4. The van der Waals surface area contributed by atoms with Crippen molar-refractivity contribution in [2.45, 2.75) is 6.92 Å². The third kappa shape index (κ3) is 4.86. The number of ether oxygens (including phenoxy) is 3. The minimum atomic E-state index is -0.909. The predicted molar refractivity (Wildman–Crippen MR) is 115 cm³/mol. The van der Waals surface area contributed by atoms with E-state index in [4.69, 9.17) is 38.0 Å². The average Bonchev–Trinajstić information content (AvgIpc) is 2.76. The van der Waals surface area contributed by atoms with Crippen molar-refractivity contribution in [2.24, 2.45) is 0 Å². The molecule has 30 heavy (non-hydrogen) atoms. The second-order valence-electron chi connectivity index (χ2n) is 6.29. The molecule has 0 amide bonds. The third-order valence-corrected chi connectivity index (χ3v) is 5.14. The van der Waals surface area contributed by atoms with Crippen molar-refractivity contribution in [2.75, 3.05) is 32.9 Å². The van der Waals surface area contributed by atoms with Crippen molar-refractivity contribution in [1.29, 1.82) is 0 Å². The van der Waals surface area contributed by atoms with E-state index < -0.39 is 10.9 Å². The van der Waals surface area contributed by atoms with Gasteiger partial charge in [0.15, 0.2) is 11.5 Å². The van der Waals surface area contributed by atoms with Crippen molar-refractivity contribution >= 4 is 40.5 Å². The third-order valence-electron chi connectivity index (χ3n) is 4.37. The Hall–Kier alpha value is -2.75. The van der Waals surface area contributed by atoms with E-state index in [0.29, 0.717) is 43.5 Å². The highest BCUT2D eigenvalue weighted by molar-refractivity contribution is 7.80. The number of morpholine rings is 1. The molecule has 0 radical (unpaired) electrons. The Morgan fingerprint density at radius 3 is 2.67 bits per heavy atom. The Kier molecular flexibility index (Phi) is 7.20. The number of halogens is 1. The average molecular weight is 451 g/mol. The second-order valence-corrected chi connectivity index (χ2v) is 7.08. The van der Waals surface area contributed by atoms with Crippen molar-refractivity contribution in [3.8, 4) is 11.5 Å². The van der Waals surface area contributed by atoms with Crippen LogP contribution in [0.3, 0.4) is 0 Å². The van der Waals surface area contributed by atoms with Crippen LogP contribution in [0.1, 0.15) is 22.8 Å². The van der Waals surface area contributed by atoms with Gasteiger partial charge in [0.1, 0.15) is 10.6 Å². The molecular weight excluding hydrogens is 432 g/mol. The smallest absolute Gasteiger partial charge is 0.350 e. The molecule has 1 heterocycles. The summed E-state index contributed by atoms with van der Waals surface area (Å²) in [5.41, 5.74) is 0.0986. The minimum Gasteiger partial charge on any atom is -0.490 e. The first-order valence-corrected chi connectivity index (χ1v) is 10.00. The van der Waals surface area contributed by atoms with Crippen LogP contribution in [0.2, 0.25) is 5.02 Å². The van der Waals surface area contributed by atoms with Gasteiger partial charge in [-0.3, -0.25) is 10.1 Å². The van der Waals surface area contributed by atoms with E-state index in [-0.39, 0.29) is 27.8 Å². The number of rotatable bonds is 6. The van der Waals surface area contributed by atoms with Gasteiger partial charge in [0.05, 0.1) is 29.8 Å². The first-order chi connectivity index (χ1) is 14.4. The van der Waals surface area contributed by atoms with Gasteiger partial charge in [-0.25, -0.2) is 4.79 Å². The molecule has 0 saturated carbocycles. The summed E-state index contributed by atoms with van der Waals surface area (Å²) >= 11 is 12.0. The summed E-state index contributed by atoms with van der Waals surface area (Å²) in [7, 11) is 0. The number of benzene rings is 2. The summed E-state index contributed by atoms with van der Waals surface area (Å²) in [5.74, 6) is -0.702. The molecule has 8 nitrogen and oxygen atoms in total. The van der Waals surface area contributed by atoms with Crippen LogP contribution in [-0.4, -0.2) is 53.7 Å². The lowest BCUT2D eigenvalue weighted by atomic mass is 10.1. The molecule has 1 fully saturated rings. The maximum Gasteiger partial charge on any atom is 0.350 e. The molecule has 2 aromatic carbocycles. The standard InChI is InChI=1S/C20H19ClN2O6S/c1-2-28-17-12-13(19(30)22-7-9-27-10-8-22)11-15(21)18(17)29-20(24)14-5-3-4-6-16(14)23(25)26/h3-6,11-12H,2,7-10H2,1H3. The number of hydrogen-bond acceptors (Lipinski definition) is 7. The predicted octanol–water partition coefficient (Wildman–Crippen LogP) is 3.87. The first-order valence-electron chi connectivity index (χ1n) is 9.21. The fraction of sp³-hybridized carbons (Fsp3) is 0.300. The SMILES string of the molecule is CCOc1cc(C(=S)N2CCOCC2)cc(Cl)c1OC(=O)c1ccccc1[N+](=O)[O-]. The van der Waals surface area contributed by atoms with Crippen molar-refractivity contribution in [3.05, 3.63) is 62.7 Å². The fourth-order valence-corrected chi connectivity index (χ4v) is 3.51. The highest BCUT2D eigenvalue weighted by atomic mass is 35.5. The van der Waals surface area contributed by atoms with E-state index in [1.165, 1.54) is 24.3 Å². The van der Waals surface area contributed by atoms with Crippen molar-refractivity contribution in [1.82, 2.24) is 4.90 Å². The molecule has 3 rings (SSSR count). The maximum absolute atomic E-state index is 12.6. The van der Waals surface area contributed by atoms with E-state index >= 15 is 0 Å². The van der Waals surface area contributed by atoms with E-state index in [1.54, 1.807) is 19.1 Å². The highest BCUT2D eigenvalue weighted by Crippen LogP contribution is 2.38. The lowest BCUT2D eigenvalue weighted by molar-refractivity contribution is -0.385. The zero-order valence-corrected chi connectivity index (χ0v) is 17.7. The van der Waals surface area contributed by atoms with Gasteiger partial charge in [-0.15, -0.1) is 0 Å². The van der Waals surface area contributed by atoms with Crippen molar-refractivity contribution < 1.29 is 23.9 Å². The zero-order valence-electron chi connectivity index (χ0n) is 16.1. The van der Waals surface area contributed by atoms with Gasteiger partial charge < -0.3 is 19.1 Å². The van der Waals surface area contributed by atoms with Gasteiger partial charge in [-0.2, -0.15) is 0 Å². The maximum atomic E-state index is 12.6. The molecule has 1 aliphatic heterocycles. The summed E-state index contributed by atoms with van der Waals surface area (Å²) in [6.07, 6.45) is 0. The van der Waals surface area contributed by atoms with Gasteiger partial charge in [0.2, 0.25) is 0 Å². The first kappa shape index (κ1) is 21.9. The summed E-state index contributed by atoms with van der Waals surface area (Å²) in [6.45, 7) is 4.55. The lowest BCUT2D eigenvalue weighted by Crippen LogP contribution is -2.40. The minimum absolute atomic E-state index is 0.0183. The topological polar surface area (TPSA) is 91.1 Å². The Labute approximate surface area is 183 Å². The van der Waals surface area contributed by atoms with E-state index in [2.05, 4.69) is 0 Å². The number of esters is 1. The summed E-state index contributed by atoms with van der Waals surface area (Å²) in [6, 6.07) is 8.76. The van der Waals surface area contributed by atoms with Gasteiger partial charge in [0, 0.05) is 24.7 Å². The Morgan fingerprint density at radius 2 is 2.00 bits per heavy atom. The van der Waals surface area contributed by atoms with Crippen LogP contribution in [0.15, 0.2) is 36.4 Å². The molecule has 1 aliphatic rings. The fourth-order valence-electron chi connectivity index (χ4n) is 2.96. The van der Waals surface area contributed by atoms with Crippen LogP contribution >= 0.6 is 23.8 Å². The Bertz CT molecular complexity index is 978. The van der Waals surface area contributed by atoms with E-state index in [0.717, 1.165) is 0 Å². The van der Waals surface area contributed by atoms with Crippen LogP contribution < -0.4 is 9.47 Å². The van der Waals surface area contributed by atoms with Gasteiger partial charge in [0.25, 0.3) is 5.69 Å². The number of nitro groups is 1. The highest BCUT2D eigenvalue weighted by Gasteiger charge is 2.25. The number of thiocarbonyl (C=S) groups is 1. The number of nitro benzene ring substituents is 1. The largest absolute Gasteiger partial charge is 0.490 e. The van der Waals surface area contributed by atoms with E-state index in [1.807, 2.05) is 4.90 Å². The number of hydrogen-bond donors (Lipinski definition) is 0. The van der Waals surface area contributed by atoms with Crippen LogP contribution in [0, 0.1) is 10.1 Å². The second kappa shape index (κ2) is 9.84. The lowest BCUT2D eigenvalue weighted by Gasteiger charge is -2.29. The molecule has 0 atom stereocenters. The van der Waals surface area contributed by atoms with Gasteiger partial charge >= 0.3 is 5.97 Å². The molecule has 0 unspecified atom stereocenters. The number of para-hydroxylation sites is 1. The molecule has 1 saturated heterocycles. The molecule has 0 aliphatic carbocycles. The Balaban J connectivity index is 1.92. The van der Waals surface area contributed by atoms with E-state index in [9.17, 15) is 14.9 Å². The Morgan fingerprint density at radius 1 is 1.30 bits per heavy atom. The van der Waals surface area contributed by atoms with Crippen LogP contribution in [0.4, 0.5) is 5.69 Å². The van der Waals surface area contributed by atoms with Gasteiger partial charge in [-0.1, -0.05) is 36.0 Å². The quantitative estimate of drug-likeness (QED) is 0.215. The van der Waals surface area contributed by atoms with Crippen LogP contribution in [0.5, 0.6) is 11.5 Å². The normalized spacial score (nSPS) is 13.6. The molecule has 0 N–H and O–H groups in total. The molecular formula is C20H19ClN2O6S. The van der Waals surface area contributed by atoms with Crippen molar-refractivity contribution in [3.63, 3.8) is 0 Å². The number of nitrogens with zero attached hydrogens (tertiary/aromatic N) is 2. The number of carbonyl (C=O) groups is 1. The summed E-state index contributed by atoms with van der Waals surface area (Å²) in [4.78, 5) is 25.8. The number of carbonyl (C=O) groups excluding carboxylic acids is 1. The van der Waals surface area contributed by atoms with Gasteiger partial charge in [-0.05, 0) is 25.1 Å². The zero-order chi connectivity index (χ0) is 21.7. The molecule has 0 aromatic heterocycles. The monoisotopic (exact) mass is 450 g/mol. The molecule has 0 spiro atoms. The molecule has 0 bridgehead atoms. The molecule has 158 valence electrons.